The summed E-state index contributed by atoms with van der Waals surface area (Å²) in [6, 6.07) is 6.81. The Balaban J connectivity index is 1.80. The highest BCUT2D eigenvalue weighted by atomic mass is 19.1. The van der Waals surface area contributed by atoms with Crippen LogP contribution >= 0.6 is 0 Å². The Morgan fingerprint density at radius 1 is 1.23 bits per heavy atom. The summed E-state index contributed by atoms with van der Waals surface area (Å²) < 4.78 is 21.9. The summed E-state index contributed by atoms with van der Waals surface area (Å²) in [4.78, 5) is 13.7. The third-order valence-electron chi connectivity index (χ3n) is 5.65. The minimum atomic E-state index is -1.08. The number of rotatable bonds is 2. The van der Waals surface area contributed by atoms with E-state index in [4.69, 9.17) is 21.2 Å². The van der Waals surface area contributed by atoms with Crippen molar-refractivity contribution in [3.05, 3.63) is 71.8 Å². The van der Waals surface area contributed by atoms with Gasteiger partial charge in [0.1, 0.15) is 22.9 Å². The second-order valence-electron chi connectivity index (χ2n) is 8.24. The number of nitrogens with one attached hydrogen (secondary N) is 1. The van der Waals surface area contributed by atoms with Gasteiger partial charge in [0.15, 0.2) is 5.66 Å². The number of halogens is 1. The van der Waals surface area contributed by atoms with E-state index in [9.17, 15) is 4.39 Å². The maximum absolute atomic E-state index is 14.1. The van der Waals surface area contributed by atoms with Crippen molar-refractivity contribution in [3.8, 4) is 5.88 Å². The molecule has 2 aliphatic rings. The average molecular weight is 407 g/mol. The monoisotopic (exact) mass is 407 g/mol. The molecule has 0 amide bonds. The topological polar surface area (TPSA) is 116 Å². The van der Waals surface area contributed by atoms with Crippen LogP contribution in [0.15, 0.2) is 59.7 Å². The van der Waals surface area contributed by atoms with E-state index in [1.807, 2.05) is 26.0 Å². The van der Waals surface area contributed by atoms with E-state index in [0.29, 0.717) is 29.3 Å². The number of imidazole rings is 1. The van der Waals surface area contributed by atoms with Crippen LogP contribution in [0.25, 0.3) is 5.65 Å². The van der Waals surface area contributed by atoms with Crippen LogP contribution in [0, 0.1) is 5.82 Å². The zero-order valence-electron chi connectivity index (χ0n) is 16.6. The number of fused-ring (bicyclic) bond motifs is 2. The Kier molecular flexibility index (Phi) is 3.80. The van der Waals surface area contributed by atoms with E-state index in [2.05, 4.69) is 15.3 Å². The first-order chi connectivity index (χ1) is 14.3. The molecule has 2 aliphatic heterocycles. The summed E-state index contributed by atoms with van der Waals surface area (Å²) in [5.41, 5.74) is 13.0. The molecule has 0 saturated carbocycles. The summed E-state index contributed by atoms with van der Waals surface area (Å²) >= 11 is 0. The number of hydrogen-bond donors (Lipinski definition) is 3. The lowest BCUT2D eigenvalue weighted by Crippen LogP contribution is -2.52. The van der Waals surface area contributed by atoms with E-state index in [1.54, 1.807) is 29.1 Å². The van der Waals surface area contributed by atoms with Gasteiger partial charge in [-0.3, -0.25) is 4.40 Å². The summed E-state index contributed by atoms with van der Waals surface area (Å²) in [6.45, 7) is 4.00. The Bertz CT molecular complexity index is 1220. The number of pyridine rings is 2. The van der Waals surface area contributed by atoms with E-state index in [-0.39, 0.29) is 17.6 Å². The van der Waals surface area contributed by atoms with Crippen LogP contribution in [0.1, 0.15) is 37.4 Å². The van der Waals surface area contributed by atoms with Crippen LogP contribution in [0.2, 0.25) is 0 Å². The molecule has 0 radical (unpaired) electrons. The molecule has 5 heterocycles. The number of aliphatic imine (C=N–C) groups is 1. The summed E-state index contributed by atoms with van der Waals surface area (Å²) in [5.74, 6) is 0.121. The van der Waals surface area contributed by atoms with Crippen molar-refractivity contribution in [1.29, 1.82) is 0 Å². The second-order valence-corrected chi connectivity index (χ2v) is 8.24. The Labute approximate surface area is 172 Å². The highest BCUT2D eigenvalue weighted by molar-refractivity contribution is 5.97. The molecule has 8 nitrogen and oxygen atoms in total. The van der Waals surface area contributed by atoms with Crippen molar-refractivity contribution in [1.82, 2.24) is 19.7 Å². The van der Waals surface area contributed by atoms with Gasteiger partial charge in [-0.05, 0) is 38.5 Å². The molecule has 2 unspecified atom stereocenters. The fourth-order valence-corrected chi connectivity index (χ4v) is 4.30. The predicted octanol–water partition coefficient (Wildman–Crippen LogP) is 2.13. The van der Waals surface area contributed by atoms with Gasteiger partial charge < -0.3 is 21.5 Å². The standard InChI is InChI=1S/C21H22FN7O/c1-20(2)8-14(13-4-3-7-25-19(13)30-20)21(27-9-15(23)18(24)28-21)16-10-26-17-6-5-12(22)11-29(16)17/h3-7,9-11,14,27H,8,23H2,1-2H3,(H2,24,28). The predicted molar refractivity (Wildman–Crippen MR) is 110 cm³/mol. The molecular formula is C21H22FN7O. The maximum atomic E-state index is 14.1. The van der Waals surface area contributed by atoms with E-state index in [0.717, 1.165) is 5.56 Å². The first kappa shape index (κ1) is 18.4. The lowest BCUT2D eigenvalue weighted by atomic mass is 9.75. The van der Waals surface area contributed by atoms with E-state index >= 15 is 0 Å². The number of hydrogen-bond acceptors (Lipinski definition) is 7. The van der Waals surface area contributed by atoms with Crippen LogP contribution in [0.3, 0.4) is 0 Å². The molecule has 0 fully saturated rings. The lowest BCUT2D eigenvalue weighted by molar-refractivity contribution is 0.0459. The van der Waals surface area contributed by atoms with Gasteiger partial charge in [0.25, 0.3) is 0 Å². The van der Waals surface area contributed by atoms with Crippen LogP contribution in [-0.2, 0) is 5.66 Å². The van der Waals surface area contributed by atoms with Crippen molar-refractivity contribution in [2.75, 3.05) is 0 Å². The molecule has 9 heteroatoms. The largest absolute Gasteiger partial charge is 0.471 e. The first-order valence-corrected chi connectivity index (χ1v) is 9.65. The third kappa shape index (κ3) is 2.69. The van der Waals surface area contributed by atoms with Crippen LogP contribution in [0.5, 0.6) is 5.88 Å². The molecule has 30 heavy (non-hydrogen) atoms. The molecule has 0 saturated heterocycles. The summed E-state index contributed by atoms with van der Waals surface area (Å²) in [6.07, 6.45) is 7.01. The number of ether oxygens (including phenoxy) is 1. The van der Waals surface area contributed by atoms with Gasteiger partial charge in [0.2, 0.25) is 5.88 Å². The van der Waals surface area contributed by atoms with Crippen molar-refractivity contribution < 1.29 is 9.13 Å². The van der Waals surface area contributed by atoms with Gasteiger partial charge in [0.05, 0.1) is 17.6 Å². The van der Waals surface area contributed by atoms with Crippen molar-refractivity contribution in [2.24, 2.45) is 16.5 Å². The van der Waals surface area contributed by atoms with Gasteiger partial charge in [0, 0.05) is 30.1 Å². The molecule has 3 aromatic rings. The highest BCUT2D eigenvalue weighted by Crippen LogP contribution is 2.50. The molecule has 5 rings (SSSR count). The first-order valence-electron chi connectivity index (χ1n) is 9.65. The van der Waals surface area contributed by atoms with Crippen LogP contribution in [0.4, 0.5) is 4.39 Å². The average Bonchev–Trinajstić information content (AvgIpc) is 3.12. The Hall–Kier alpha value is -3.62. The molecule has 154 valence electrons. The molecule has 0 spiro atoms. The molecular weight excluding hydrogens is 385 g/mol. The van der Waals surface area contributed by atoms with Crippen molar-refractivity contribution >= 4 is 11.5 Å². The maximum Gasteiger partial charge on any atom is 0.217 e. The Morgan fingerprint density at radius 2 is 2.07 bits per heavy atom. The molecule has 0 bridgehead atoms. The Morgan fingerprint density at radius 3 is 2.87 bits per heavy atom. The summed E-state index contributed by atoms with van der Waals surface area (Å²) in [5, 5.41) is 3.35. The van der Waals surface area contributed by atoms with Gasteiger partial charge in [-0.1, -0.05) is 6.07 Å². The number of nitrogens with two attached hydrogens (primary N) is 2. The fraction of sp³-hybridized carbons (Fsp3) is 0.286. The van der Waals surface area contributed by atoms with Gasteiger partial charge in [-0.15, -0.1) is 0 Å². The van der Waals surface area contributed by atoms with E-state index < -0.39 is 11.3 Å². The number of nitrogens with zero attached hydrogens (tertiary/aromatic N) is 4. The van der Waals surface area contributed by atoms with Crippen LogP contribution in [-0.4, -0.2) is 25.8 Å². The highest BCUT2D eigenvalue weighted by Gasteiger charge is 2.50. The van der Waals surface area contributed by atoms with Gasteiger partial charge in [-0.2, -0.15) is 0 Å². The minimum Gasteiger partial charge on any atom is -0.471 e. The molecule has 2 atom stereocenters. The summed E-state index contributed by atoms with van der Waals surface area (Å²) in [7, 11) is 0. The lowest BCUT2D eigenvalue weighted by Gasteiger charge is -2.46. The van der Waals surface area contributed by atoms with Crippen molar-refractivity contribution in [2.45, 2.75) is 37.5 Å². The zero-order valence-corrected chi connectivity index (χ0v) is 16.6. The number of amidine groups is 1. The number of aromatic nitrogens is 3. The minimum absolute atomic E-state index is 0.204. The molecule has 3 aromatic heterocycles. The normalized spacial score (nSPS) is 25.0. The van der Waals surface area contributed by atoms with Crippen molar-refractivity contribution in [3.63, 3.8) is 0 Å². The van der Waals surface area contributed by atoms with Gasteiger partial charge in [-0.25, -0.2) is 19.4 Å². The SMILES string of the molecule is CC1(C)CC(C2(c3cnc4ccc(F)cn34)N=C(N)C(N)=CN2)c2cccnc2O1. The zero-order chi connectivity index (χ0) is 21.1. The fourth-order valence-electron chi connectivity index (χ4n) is 4.30. The van der Waals surface area contributed by atoms with Gasteiger partial charge >= 0.3 is 0 Å². The molecule has 5 N–H and O–H groups in total. The molecule has 0 aliphatic carbocycles. The van der Waals surface area contributed by atoms with Crippen LogP contribution < -0.4 is 21.5 Å². The van der Waals surface area contributed by atoms with E-state index in [1.165, 1.54) is 12.3 Å². The smallest absolute Gasteiger partial charge is 0.217 e. The quantitative estimate of drug-likeness (QED) is 0.599. The second kappa shape index (κ2) is 6.19. The third-order valence-corrected chi connectivity index (χ3v) is 5.65. The molecule has 0 aromatic carbocycles.